The standard InChI is InChI=1S/C22H32N2O3S/c1-16-14-17(2)21(18(3)15-16)28(26,27)24-12-10-19(11-13-24)22(25)23-20-8-6-4-5-7-9-20/h6,8,14-15,19-20H,4-5,7,9-13H2,1-3H3,(H,23,25). The molecule has 1 amide bonds. The zero-order chi connectivity index (χ0) is 20.3. The smallest absolute Gasteiger partial charge is 0.243 e. The first-order valence-corrected chi connectivity index (χ1v) is 11.8. The van der Waals surface area contributed by atoms with Crippen molar-refractivity contribution in [1.82, 2.24) is 9.62 Å². The maximum atomic E-state index is 13.2. The molecule has 154 valence electrons. The lowest BCUT2D eigenvalue weighted by Crippen LogP contribution is -2.45. The number of benzene rings is 1. The molecular weight excluding hydrogens is 372 g/mol. The van der Waals surface area contributed by atoms with Gasteiger partial charge < -0.3 is 5.32 Å². The lowest BCUT2D eigenvalue weighted by Gasteiger charge is -2.32. The maximum Gasteiger partial charge on any atom is 0.243 e. The highest BCUT2D eigenvalue weighted by Gasteiger charge is 2.34. The van der Waals surface area contributed by atoms with Crippen molar-refractivity contribution in [2.75, 3.05) is 13.1 Å². The fourth-order valence-electron chi connectivity index (χ4n) is 4.47. The Balaban J connectivity index is 1.64. The highest BCUT2D eigenvalue weighted by atomic mass is 32.2. The van der Waals surface area contributed by atoms with Gasteiger partial charge in [-0.25, -0.2) is 8.42 Å². The summed E-state index contributed by atoms with van der Waals surface area (Å²) >= 11 is 0. The van der Waals surface area contributed by atoms with E-state index in [1.807, 2.05) is 32.9 Å². The Hall–Kier alpha value is -1.66. The number of rotatable bonds is 4. The zero-order valence-electron chi connectivity index (χ0n) is 17.2. The topological polar surface area (TPSA) is 66.5 Å². The fraction of sp³-hybridized carbons (Fsp3) is 0.591. The van der Waals surface area contributed by atoms with Crippen LogP contribution in [-0.2, 0) is 14.8 Å². The molecule has 1 heterocycles. The third kappa shape index (κ3) is 4.66. The lowest BCUT2D eigenvalue weighted by molar-refractivity contribution is -0.126. The molecule has 3 rings (SSSR count). The van der Waals surface area contributed by atoms with Gasteiger partial charge in [0.25, 0.3) is 0 Å². The van der Waals surface area contributed by atoms with Crippen molar-refractivity contribution in [3.8, 4) is 0 Å². The van der Waals surface area contributed by atoms with Crippen LogP contribution in [0.1, 0.15) is 55.2 Å². The van der Waals surface area contributed by atoms with Crippen LogP contribution in [0, 0.1) is 26.7 Å². The van der Waals surface area contributed by atoms with Crippen LogP contribution in [0.25, 0.3) is 0 Å². The van der Waals surface area contributed by atoms with Gasteiger partial charge in [-0.05, 0) is 64.0 Å². The molecule has 1 atom stereocenters. The molecule has 1 N–H and O–H groups in total. The van der Waals surface area contributed by atoms with Gasteiger partial charge in [0.05, 0.1) is 4.90 Å². The number of sulfonamides is 1. The van der Waals surface area contributed by atoms with Crippen molar-refractivity contribution in [3.05, 3.63) is 41.0 Å². The van der Waals surface area contributed by atoms with Crippen LogP contribution in [0.3, 0.4) is 0 Å². The minimum atomic E-state index is -3.53. The highest BCUT2D eigenvalue weighted by Crippen LogP contribution is 2.29. The minimum Gasteiger partial charge on any atom is -0.350 e. The number of carbonyl (C=O) groups excluding carboxylic acids is 1. The van der Waals surface area contributed by atoms with E-state index in [1.165, 1.54) is 6.42 Å². The van der Waals surface area contributed by atoms with E-state index in [-0.39, 0.29) is 17.9 Å². The molecule has 1 fully saturated rings. The lowest BCUT2D eigenvalue weighted by atomic mass is 9.96. The molecule has 0 spiro atoms. The van der Waals surface area contributed by atoms with Gasteiger partial charge in [0.2, 0.25) is 15.9 Å². The Morgan fingerprint density at radius 1 is 1.04 bits per heavy atom. The summed E-state index contributed by atoms with van der Waals surface area (Å²) in [5.41, 5.74) is 2.65. The third-order valence-electron chi connectivity index (χ3n) is 5.86. The van der Waals surface area contributed by atoms with Crippen LogP contribution in [0.2, 0.25) is 0 Å². The molecule has 28 heavy (non-hydrogen) atoms. The predicted octanol–water partition coefficient (Wildman–Crippen LogP) is 3.63. The number of amides is 1. The van der Waals surface area contributed by atoms with E-state index in [1.54, 1.807) is 4.31 Å². The predicted molar refractivity (Wildman–Crippen MR) is 112 cm³/mol. The molecule has 2 aliphatic rings. The Morgan fingerprint density at radius 3 is 2.32 bits per heavy atom. The summed E-state index contributed by atoms with van der Waals surface area (Å²) < 4.78 is 27.9. The SMILES string of the molecule is Cc1cc(C)c(S(=O)(=O)N2CCC(C(=O)NC3C=CCCCC3)CC2)c(C)c1. The van der Waals surface area contributed by atoms with Gasteiger partial charge >= 0.3 is 0 Å². The quantitative estimate of drug-likeness (QED) is 0.780. The van der Waals surface area contributed by atoms with Gasteiger partial charge in [-0.1, -0.05) is 36.3 Å². The molecule has 1 aliphatic heterocycles. The van der Waals surface area contributed by atoms with Crippen LogP contribution in [0.5, 0.6) is 0 Å². The van der Waals surface area contributed by atoms with Crippen LogP contribution < -0.4 is 5.32 Å². The van der Waals surface area contributed by atoms with Crippen molar-refractivity contribution >= 4 is 15.9 Å². The largest absolute Gasteiger partial charge is 0.350 e. The van der Waals surface area contributed by atoms with Crippen molar-refractivity contribution in [2.24, 2.45) is 5.92 Å². The monoisotopic (exact) mass is 404 g/mol. The maximum absolute atomic E-state index is 13.2. The molecule has 0 bridgehead atoms. The number of hydrogen-bond donors (Lipinski definition) is 1. The van der Waals surface area contributed by atoms with Gasteiger partial charge in [0.15, 0.2) is 0 Å². The fourth-order valence-corrected chi connectivity index (χ4v) is 6.35. The van der Waals surface area contributed by atoms with Gasteiger partial charge in [0.1, 0.15) is 0 Å². The summed E-state index contributed by atoms with van der Waals surface area (Å²) in [5.74, 6) is -0.0420. The minimum absolute atomic E-state index is 0.0660. The van der Waals surface area contributed by atoms with E-state index >= 15 is 0 Å². The highest BCUT2D eigenvalue weighted by molar-refractivity contribution is 7.89. The van der Waals surface area contributed by atoms with E-state index in [9.17, 15) is 13.2 Å². The number of nitrogens with one attached hydrogen (secondary N) is 1. The normalized spacial score (nSPS) is 22.0. The molecule has 0 radical (unpaired) electrons. The second kappa shape index (κ2) is 8.78. The number of allylic oxidation sites excluding steroid dienone is 1. The van der Waals surface area contributed by atoms with Gasteiger partial charge in [-0.2, -0.15) is 4.31 Å². The zero-order valence-corrected chi connectivity index (χ0v) is 18.0. The van der Waals surface area contributed by atoms with Crippen LogP contribution >= 0.6 is 0 Å². The van der Waals surface area contributed by atoms with Gasteiger partial charge in [-0.15, -0.1) is 0 Å². The van der Waals surface area contributed by atoms with E-state index in [4.69, 9.17) is 0 Å². The summed E-state index contributed by atoms with van der Waals surface area (Å²) in [6, 6.07) is 3.95. The third-order valence-corrected chi connectivity index (χ3v) is 8.06. The molecule has 1 saturated heterocycles. The summed E-state index contributed by atoms with van der Waals surface area (Å²) in [4.78, 5) is 13.1. The van der Waals surface area contributed by atoms with Crippen LogP contribution in [0.15, 0.2) is 29.2 Å². The second-order valence-corrected chi connectivity index (χ2v) is 10.1. The van der Waals surface area contributed by atoms with Crippen molar-refractivity contribution < 1.29 is 13.2 Å². The number of hydrogen-bond acceptors (Lipinski definition) is 3. The number of piperidine rings is 1. The van der Waals surface area contributed by atoms with Crippen LogP contribution in [-0.4, -0.2) is 37.8 Å². The number of carbonyl (C=O) groups is 1. The Labute approximate surface area is 169 Å². The van der Waals surface area contributed by atoms with Crippen molar-refractivity contribution in [2.45, 2.75) is 70.2 Å². The first-order chi connectivity index (χ1) is 13.3. The summed E-state index contributed by atoms with van der Waals surface area (Å²) in [5, 5.41) is 3.14. The van der Waals surface area contributed by atoms with Crippen LogP contribution in [0.4, 0.5) is 0 Å². The summed E-state index contributed by atoms with van der Waals surface area (Å²) in [6.45, 7) is 6.48. The van der Waals surface area contributed by atoms with Crippen molar-refractivity contribution in [3.63, 3.8) is 0 Å². The average Bonchev–Trinajstić information content (AvgIpc) is 2.89. The van der Waals surface area contributed by atoms with E-state index in [2.05, 4.69) is 17.5 Å². The van der Waals surface area contributed by atoms with Crippen molar-refractivity contribution in [1.29, 1.82) is 0 Å². The molecular formula is C22H32N2O3S. The molecule has 0 saturated carbocycles. The Morgan fingerprint density at radius 2 is 1.68 bits per heavy atom. The first-order valence-electron chi connectivity index (χ1n) is 10.3. The first kappa shape index (κ1) is 21.1. The molecule has 1 aromatic carbocycles. The summed E-state index contributed by atoms with van der Waals surface area (Å²) in [6.07, 6.45) is 9.78. The Bertz CT molecular complexity index is 830. The second-order valence-electron chi connectivity index (χ2n) is 8.23. The Kier molecular flexibility index (Phi) is 6.61. The molecule has 1 aromatic rings. The van der Waals surface area contributed by atoms with E-state index in [0.717, 1.165) is 36.0 Å². The average molecular weight is 405 g/mol. The molecule has 6 heteroatoms. The summed E-state index contributed by atoms with van der Waals surface area (Å²) in [7, 11) is -3.53. The number of aryl methyl sites for hydroxylation is 3. The van der Waals surface area contributed by atoms with E-state index < -0.39 is 10.0 Å². The van der Waals surface area contributed by atoms with Gasteiger partial charge in [0, 0.05) is 25.0 Å². The molecule has 5 nitrogen and oxygen atoms in total. The molecule has 1 aliphatic carbocycles. The van der Waals surface area contributed by atoms with E-state index in [0.29, 0.717) is 30.8 Å². The number of nitrogens with zero attached hydrogens (tertiary/aromatic N) is 1. The molecule has 1 unspecified atom stereocenters. The molecule has 0 aromatic heterocycles. The van der Waals surface area contributed by atoms with Gasteiger partial charge in [-0.3, -0.25) is 4.79 Å².